The van der Waals surface area contributed by atoms with Crippen LogP contribution in [-0.2, 0) is 11.2 Å². The standard InChI is InChI=1S/C27H29N5O2S/c1-17(2)34-24-11-8-18(14-19(24)15-28)26-30-31-27(35-26)22-7-5-6-21-20(22)9-10-23(21)29-25(33)16-32-12-3-4-13-32/h5-8,11,14,17,23H,3-4,9-10,12-13,16H2,1-2H3,(H,29,33)/t23-/m1/s1. The lowest BCUT2D eigenvalue weighted by atomic mass is 10.0. The van der Waals surface area contributed by atoms with Crippen molar-refractivity contribution in [2.75, 3.05) is 19.6 Å². The molecule has 3 aromatic rings. The number of ether oxygens (including phenoxy) is 1. The Morgan fingerprint density at radius 3 is 2.80 bits per heavy atom. The molecule has 0 spiro atoms. The molecular weight excluding hydrogens is 458 g/mol. The Kier molecular flexibility index (Phi) is 6.80. The van der Waals surface area contributed by atoms with Crippen LogP contribution in [0.1, 0.15) is 55.8 Å². The average Bonchev–Trinajstić information content (AvgIpc) is 3.61. The molecule has 1 saturated heterocycles. The van der Waals surface area contributed by atoms with Gasteiger partial charge < -0.3 is 10.1 Å². The lowest BCUT2D eigenvalue weighted by Gasteiger charge is -2.18. The maximum absolute atomic E-state index is 12.6. The first-order chi connectivity index (χ1) is 17.0. The molecule has 7 nitrogen and oxygen atoms in total. The zero-order valence-corrected chi connectivity index (χ0v) is 20.9. The van der Waals surface area contributed by atoms with Gasteiger partial charge in [0, 0.05) is 11.1 Å². The minimum Gasteiger partial charge on any atom is -0.490 e. The number of carbonyl (C=O) groups excluding carboxylic acids is 1. The van der Waals surface area contributed by atoms with Crippen LogP contribution in [0.25, 0.3) is 21.1 Å². The molecule has 1 aliphatic carbocycles. The van der Waals surface area contributed by atoms with Crippen LogP contribution in [0, 0.1) is 11.3 Å². The predicted octanol–water partition coefficient (Wildman–Crippen LogP) is 4.73. The van der Waals surface area contributed by atoms with Crippen LogP contribution in [-0.4, -0.2) is 46.7 Å². The molecule has 0 bridgehead atoms. The molecule has 1 atom stereocenters. The van der Waals surface area contributed by atoms with Gasteiger partial charge in [-0.3, -0.25) is 9.69 Å². The Balaban J connectivity index is 1.35. The van der Waals surface area contributed by atoms with Crippen LogP contribution in [0.4, 0.5) is 0 Å². The SMILES string of the molecule is CC(C)Oc1ccc(-c2nnc(-c3cccc4c3CC[C@H]4NC(=O)CN3CCCC3)s2)cc1C#N. The van der Waals surface area contributed by atoms with Gasteiger partial charge >= 0.3 is 0 Å². The Bertz CT molecular complexity index is 1270. The molecule has 0 saturated carbocycles. The van der Waals surface area contributed by atoms with E-state index < -0.39 is 0 Å². The monoisotopic (exact) mass is 487 g/mol. The predicted molar refractivity (Wildman–Crippen MR) is 136 cm³/mol. The number of nitrogens with one attached hydrogen (secondary N) is 1. The van der Waals surface area contributed by atoms with Gasteiger partial charge in [-0.25, -0.2) is 0 Å². The quantitative estimate of drug-likeness (QED) is 0.518. The lowest BCUT2D eigenvalue weighted by Crippen LogP contribution is -2.37. The first-order valence-corrected chi connectivity index (χ1v) is 13.0. The fourth-order valence-corrected chi connectivity index (χ4v) is 5.84. The highest BCUT2D eigenvalue weighted by molar-refractivity contribution is 7.17. The van der Waals surface area contributed by atoms with Crippen LogP contribution < -0.4 is 10.1 Å². The van der Waals surface area contributed by atoms with Gasteiger partial charge in [-0.05, 0) is 81.9 Å². The number of benzene rings is 2. The van der Waals surface area contributed by atoms with Crippen LogP contribution in [0.5, 0.6) is 5.75 Å². The molecule has 2 aliphatic rings. The zero-order chi connectivity index (χ0) is 24.4. The number of hydrogen-bond donors (Lipinski definition) is 1. The van der Waals surface area contributed by atoms with Crippen molar-refractivity contribution in [2.24, 2.45) is 0 Å². The second-order valence-corrected chi connectivity index (χ2v) is 10.4. The fourth-order valence-electron chi connectivity index (χ4n) is 4.94. The highest BCUT2D eigenvalue weighted by atomic mass is 32.1. The van der Waals surface area contributed by atoms with Crippen LogP contribution in [0.3, 0.4) is 0 Å². The molecular formula is C27H29N5O2S. The van der Waals surface area contributed by atoms with Crippen molar-refractivity contribution in [3.63, 3.8) is 0 Å². The van der Waals surface area contributed by atoms with Gasteiger partial charge in [-0.1, -0.05) is 29.5 Å². The summed E-state index contributed by atoms with van der Waals surface area (Å²) in [6.07, 6.45) is 4.15. The number of likely N-dealkylation sites (tertiary alicyclic amines) is 1. The summed E-state index contributed by atoms with van der Waals surface area (Å²) in [5, 5.41) is 23.3. The summed E-state index contributed by atoms with van der Waals surface area (Å²) in [5.41, 5.74) is 4.82. The summed E-state index contributed by atoms with van der Waals surface area (Å²) in [7, 11) is 0. The summed E-state index contributed by atoms with van der Waals surface area (Å²) in [4.78, 5) is 14.8. The number of nitrogens with zero attached hydrogens (tertiary/aromatic N) is 4. The third kappa shape index (κ3) is 5.07. The number of amides is 1. The largest absolute Gasteiger partial charge is 0.490 e. The summed E-state index contributed by atoms with van der Waals surface area (Å²) >= 11 is 1.51. The molecule has 2 aromatic carbocycles. The van der Waals surface area contributed by atoms with Gasteiger partial charge in [0.2, 0.25) is 5.91 Å². The number of nitriles is 1. The first-order valence-electron chi connectivity index (χ1n) is 12.2. The lowest BCUT2D eigenvalue weighted by molar-refractivity contribution is -0.122. The summed E-state index contributed by atoms with van der Waals surface area (Å²) < 4.78 is 5.74. The molecule has 1 N–H and O–H groups in total. The Morgan fingerprint density at radius 1 is 1.23 bits per heavy atom. The smallest absolute Gasteiger partial charge is 0.234 e. The van der Waals surface area contributed by atoms with Gasteiger partial charge in [-0.2, -0.15) is 5.26 Å². The molecule has 8 heteroatoms. The number of fused-ring (bicyclic) bond motifs is 1. The van der Waals surface area contributed by atoms with E-state index >= 15 is 0 Å². The van der Waals surface area contributed by atoms with E-state index in [9.17, 15) is 10.1 Å². The summed E-state index contributed by atoms with van der Waals surface area (Å²) in [6, 6.07) is 14.0. The average molecular weight is 488 g/mol. The van der Waals surface area contributed by atoms with E-state index in [-0.39, 0.29) is 18.1 Å². The molecule has 0 unspecified atom stereocenters. The normalized spacial score (nSPS) is 17.4. The third-order valence-corrected chi connectivity index (χ3v) is 7.54. The van der Waals surface area contributed by atoms with Crippen LogP contribution in [0.2, 0.25) is 0 Å². The van der Waals surface area contributed by atoms with Gasteiger partial charge in [-0.15, -0.1) is 10.2 Å². The van der Waals surface area contributed by atoms with Crippen molar-refractivity contribution in [3.8, 4) is 33.0 Å². The van der Waals surface area contributed by atoms with E-state index in [4.69, 9.17) is 4.74 Å². The van der Waals surface area contributed by atoms with E-state index in [2.05, 4.69) is 38.6 Å². The van der Waals surface area contributed by atoms with E-state index in [1.165, 1.54) is 35.3 Å². The highest BCUT2D eigenvalue weighted by Crippen LogP contribution is 2.40. The molecule has 1 amide bonds. The van der Waals surface area contributed by atoms with E-state index in [1.54, 1.807) is 0 Å². The van der Waals surface area contributed by atoms with Gasteiger partial charge in [0.25, 0.3) is 0 Å². The first kappa shape index (κ1) is 23.5. The van der Waals surface area contributed by atoms with Crippen LogP contribution in [0.15, 0.2) is 36.4 Å². The molecule has 1 fully saturated rings. The summed E-state index contributed by atoms with van der Waals surface area (Å²) in [6.45, 7) is 6.39. The Hall–Kier alpha value is -3.28. The van der Waals surface area contributed by atoms with Crippen molar-refractivity contribution in [1.82, 2.24) is 20.4 Å². The third-order valence-electron chi connectivity index (χ3n) is 6.54. The molecule has 2 heterocycles. The molecule has 5 rings (SSSR count). The number of carbonyl (C=O) groups is 1. The molecule has 35 heavy (non-hydrogen) atoms. The second-order valence-electron chi connectivity index (χ2n) is 9.42. The minimum atomic E-state index is -0.00455. The number of hydrogen-bond acceptors (Lipinski definition) is 7. The zero-order valence-electron chi connectivity index (χ0n) is 20.1. The van der Waals surface area contributed by atoms with Crippen molar-refractivity contribution in [1.29, 1.82) is 5.26 Å². The fraction of sp³-hybridized carbons (Fsp3) is 0.407. The van der Waals surface area contributed by atoms with Crippen molar-refractivity contribution in [2.45, 2.75) is 51.7 Å². The second kappa shape index (κ2) is 10.1. The molecule has 0 radical (unpaired) electrons. The maximum atomic E-state index is 12.6. The van der Waals surface area contributed by atoms with E-state index in [1.807, 2.05) is 38.1 Å². The highest BCUT2D eigenvalue weighted by Gasteiger charge is 2.28. The Labute approximate surface area is 209 Å². The van der Waals surface area contributed by atoms with Crippen LogP contribution >= 0.6 is 11.3 Å². The number of rotatable bonds is 7. The van der Waals surface area contributed by atoms with Gasteiger partial charge in [0.15, 0.2) is 0 Å². The van der Waals surface area contributed by atoms with E-state index in [0.717, 1.165) is 47.1 Å². The van der Waals surface area contributed by atoms with Crippen molar-refractivity contribution in [3.05, 3.63) is 53.1 Å². The minimum absolute atomic E-state index is 0.00455. The van der Waals surface area contributed by atoms with E-state index in [0.29, 0.717) is 17.9 Å². The van der Waals surface area contributed by atoms with Crippen molar-refractivity contribution >= 4 is 17.2 Å². The Morgan fingerprint density at radius 2 is 2.03 bits per heavy atom. The molecule has 1 aromatic heterocycles. The molecule has 180 valence electrons. The van der Waals surface area contributed by atoms with Crippen molar-refractivity contribution < 1.29 is 9.53 Å². The van der Waals surface area contributed by atoms with Gasteiger partial charge in [0.05, 0.1) is 24.3 Å². The maximum Gasteiger partial charge on any atom is 0.234 e. The molecule has 1 aliphatic heterocycles. The number of aromatic nitrogens is 2. The summed E-state index contributed by atoms with van der Waals surface area (Å²) in [5.74, 6) is 0.682. The van der Waals surface area contributed by atoms with Gasteiger partial charge in [0.1, 0.15) is 21.8 Å². The topological polar surface area (TPSA) is 91.1 Å².